The molecule has 0 unspecified atom stereocenters. The second-order valence-corrected chi connectivity index (χ2v) is 6.33. The first-order valence-electron chi connectivity index (χ1n) is 8.01. The summed E-state index contributed by atoms with van der Waals surface area (Å²) < 4.78 is 11.5. The van der Waals surface area contributed by atoms with E-state index in [1.807, 2.05) is 0 Å². The number of carbonyl (C=O) groups excluding carboxylic acids is 3. The fraction of sp³-hybridized carbons (Fsp3) is 0.333. The van der Waals surface area contributed by atoms with Gasteiger partial charge in [-0.3, -0.25) is 14.3 Å². The van der Waals surface area contributed by atoms with Crippen LogP contribution in [-0.2, 0) is 21.4 Å². The number of carbonyl (C=O) groups is 3. The first-order chi connectivity index (χ1) is 12.6. The predicted octanol–water partition coefficient (Wildman–Crippen LogP) is 2.37. The quantitative estimate of drug-likeness (QED) is 0.459. The van der Waals surface area contributed by atoms with Gasteiger partial charge in [0.05, 0.1) is 24.1 Å². The van der Waals surface area contributed by atoms with E-state index in [0.29, 0.717) is 27.8 Å². The second-order valence-electron chi connectivity index (χ2n) is 5.92. The van der Waals surface area contributed by atoms with E-state index in [2.05, 4.69) is 10.4 Å². The number of Topliss-reactive ketones (excluding diaryl/α,β-unsaturated/α-hetero) is 1. The lowest BCUT2D eigenvalue weighted by Gasteiger charge is -2.12. The lowest BCUT2D eigenvalue weighted by Crippen LogP contribution is -2.25. The minimum absolute atomic E-state index is 0.179. The zero-order chi connectivity index (χ0) is 20.3. The summed E-state index contributed by atoms with van der Waals surface area (Å²) in [5, 5.41) is 7.14. The fourth-order valence-electron chi connectivity index (χ4n) is 2.52. The van der Waals surface area contributed by atoms with Gasteiger partial charge in [-0.05, 0) is 32.4 Å². The number of nitrogens with zero attached hydrogens (tertiary/aromatic N) is 2. The summed E-state index contributed by atoms with van der Waals surface area (Å²) in [4.78, 5) is 36.3. The highest BCUT2D eigenvalue weighted by atomic mass is 35.5. The van der Waals surface area contributed by atoms with Crippen molar-refractivity contribution in [3.8, 4) is 5.75 Å². The molecule has 27 heavy (non-hydrogen) atoms. The van der Waals surface area contributed by atoms with E-state index in [9.17, 15) is 14.4 Å². The molecular weight excluding hydrogens is 374 g/mol. The highest BCUT2D eigenvalue weighted by Gasteiger charge is 2.26. The summed E-state index contributed by atoms with van der Waals surface area (Å²) in [6.45, 7) is 4.44. The van der Waals surface area contributed by atoms with Gasteiger partial charge in [0.2, 0.25) is 0 Å². The van der Waals surface area contributed by atoms with Crippen LogP contribution in [0.4, 0.5) is 5.69 Å². The number of aryl methyl sites for hydroxylation is 3. The third kappa shape index (κ3) is 4.46. The number of aromatic nitrogens is 2. The summed E-state index contributed by atoms with van der Waals surface area (Å²) in [5.74, 6) is -2.21. The van der Waals surface area contributed by atoms with Gasteiger partial charge in [-0.25, -0.2) is 4.79 Å². The Morgan fingerprint density at radius 3 is 2.44 bits per heavy atom. The molecule has 8 nitrogen and oxygen atoms in total. The van der Waals surface area contributed by atoms with E-state index < -0.39 is 24.3 Å². The van der Waals surface area contributed by atoms with Crippen LogP contribution in [-0.4, -0.2) is 41.2 Å². The van der Waals surface area contributed by atoms with Crippen LogP contribution in [0.5, 0.6) is 5.75 Å². The molecule has 0 aliphatic carbocycles. The number of esters is 1. The van der Waals surface area contributed by atoms with Gasteiger partial charge in [-0.1, -0.05) is 11.6 Å². The first kappa shape index (κ1) is 20.4. The Balaban J connectivity index is 2.02. The van der Waals surface area contributed by atoms with Crippen molar-refractivity contribution in [2.45, 2.75) is 20.8 Å². The molecule has 9 heteroatoms. The van der Waals surface area contributed by atoms with Crippen LogP contribution in [0.3, 0.4) is 0 Å². The molecule has 0 bridgehead atoms. The SMILES string of the molecule is COc1cc(Cl)c(C)cc1NC(=O)COC(=O)C(=O)c1c(C)nn(C)c1C. The van der Waals surface area contributed by atoms with Gasteiger partial charge in [-0.15, -0.1) is 0 Å². The maximum atomic E-state index is 12.3. The number of anilines is 1. The number of amides is 1. The Labute approximate surface area is 161 Å². The molecule has 0 saturated heterocycles. The molecule has 1 aromatic heterocycles. The molecule has 0 atom stereocenters. The highest BCUT2D eigenvalue weighted by molar-refractivity contribution is 6.41. The van der Waals surface area contributed by atoms with Crippen molar-refractivity contribution >= 4 is 34.9 Å². The zero-order valence-electron chi connectivity index (χ0n) is 15.7. The van der Waals surface area contributed by atoms with E-state index in [1.165, 1.54) is 11.8 Å². The molecule has 1 amide bonds. The lowest BCUT2D eigenvalue weighted by molar-refractivity contribution is -0.142. The molecular formula is C18H20ClN3O5. The molecule has 0 spiro atoms. The molecule has 1 aromatic carbocycles. The number of ether oxygens (including phenoxy) is 2. The third-order valence-corrected chi connectivity index (χ3v) is 4.42. The van der Waals surface area contributed by atoms with Crippen molar-refractivity contribution in [1.82, 2.24) is 9.78 Å². The number of rotatable bonds is 6. The molecule has 2 rings (SSSR count). The van der Waals surface area contributed by atoms with Gasteiger partial charge >= 0.3 is 5.97 Å². The van der Waals surface area contributed by atoms with Crippen LogP contribution in [0.25, 0.3) is 0 Å². The Kier molecular flexibility index (Phi) is 6.22. The molecule has 0 aliphatic rings. The maximum absolute atomic E-state index is 12.3. The number of ketones is 1. The van der Waals surface area contributed by atoms with Gasteiger partial charge in [0, 0.05) is 23.8 Å². The highest BCUT2D eigenvalue weighted by Crippen LogP contribution is 2.30. The smallest absolute Gasteiger partial charge is 0.380 e. The molecule has 0 fully saturated rings. The topological polar surface area (TPSA) is 99.5 Å². The minimum Gasteiger partial charge on any atom is -0.495 e. The summed E-state index contributed by atoms with van der Waals surface area (Å²) in [5.41, 5.74) is 2.26. The monoisotopic (exact) mass is 393 g/mol. The van der Waals surface area contributed by atoms with E-state index in [0.717, 1.165) is 5.56 Å². The van der Waals surface area contributed by atoms with Gasteiger partial charge in [0.25, 0.3) is 11.7 Å². The molecule has 0 aliphatic heterocycles. The average Bonchev–Trinajstić information content (AvgIpc) is 2.87. The Hall–Kier alpha value is -2.87. The average molecular weight is 394 g/mol. The van der Waals surface area contributed by atoms with Gasteiger partial charge in [0.1, 0.15) is 5.75 Å². The Morgan fingerprint density at radius 2 is 1.89 bits per heavy atom. The van der Waals surface area contributed by atoms with Gasteiger partial charge < -0.3 is 14.8 Å². The summed E-state index contributed by atoms with van der Waals surface area (Å²) in [7, 11) is 3.10. The number of halogens is 1. The summed E-state index contributed by atoms with van der Waals surface area (Å²) in [6, 6.07) is 3.20. The van der Waals surface area contributed by atoms with Crippen LogP contribution in [0.15, 0.2) is 12.1 Å². The van der Waals surface area contributed by atoms with Crippen molar-refractivity contribution < 1.29 is 23.9 Å². The molecule has 1 heterocycles. The van der Waals surface area contributed by atoms with Crippen molar-refractivity contribution in [3.63, 3.8) is 0 Å². The standard InChI is InChI=1S/C18H20ClN3O5/c1-9-6-13(14(26-5)7-12(9)19)20-15(23)8-27-18(25)17(24)16-10(2)21-22(4)11(16)3/h6-7H,8H2,1-5H3,(H,20,23). The predicted molar refractivity (Wildman–Crippen MR) is 99.3 cm³/mol. The normalized spacial score (nSPS) is 10.4. The maximum Gasteiger partial charge on any atom is 0.380 e. The Morgan fingerprint density at radius 1 is 1.22 bits per heavy atom. The van der Waals surface area contributed by atoms with Crippen LogP contribution in [0, 0.1) is 20.8 Å². The van der Waals surface area contributed by atoms with Gasteiger partial charge in [0.15, 0.2) is 6.61 Å². The van der Waals surface area contributed by atoms with E-state index in [-0.39, 0.29) is 5.56 Å². The van der Waals surface area contributed by atoms with Crippen molar-refractivity contribution in [2.75, 3.05) is 19.0 Å². The number of methoxy groups -OCH3 is 1. The second kappa shape index (κ2) is 8.22. The molecule has 2 aromatic rings. The molecule has 0 radical (unpaired) electrons. The lowest BCUT2D eigenvalue weighted by atomic mass is 10.1. The van der Waals surface area contributed by atoms with E-state index in [1.54, 1.807) is 40.0 Å². The van der Waals surface area contributed by atoms with Gasteiger partial charge in [-0.2, -0.15) is 5.10 Å². The third-order valence-electron chi connectivity index (χ3n) is 4.01. The largest absolute Gasteiger partial charge is 0.495 e. The van der Waals surface area contributed by atoms with Crippen LogP contribution >= 0.6 is 11.6 Å². The van der Waals surface area contributed by atoms with Crippen LogP contribution in [0.1, 0.15) is 27.3 Å². The number of nitrogens with one attached hydrogen (secondary N) is 1. The Bertz CT molecular complexity index is 920. The summed E-state index contributed by atoms with van der Waals surface area (Å²) in [6.07, 6.45) is 0. The van der Waals surface area contributed by atoms with Crippen molar-refractivity contribution in [1.29, 1.82) is 0 Å². The van der Waals surface area contributed by atoms with Crippen molar-refractivity contribution in [2.24, 2.45) is 7.05 Å². The fourth-order valence-corrected chi connectivity index (χ4v) is 2.67. The molecule has 1 N–H and O–H groups in total. The number of benzene rings is 1. The molecule has 144 valence electrons. The summed E-state index contributed by atoms with van der Waals surface area (Å²) >= 11 is 6.02. The molecule has 0 saturated carbocycles. The van der Waals surface area contributed by atoms with E-state index in [4.69, 9.17) is 21.1 Å². The van der Waals surface area contributed by atoms with E-state index >= 15 is 0 Å². The zero-order valence-corrected chi connectivity index (χ0v) is 16.4. The van der Waals surface area contributed by atoms with Crippen molar-refractivity contribution in [3.05, 3.63) is 39.7 Å². The van der Waals surface area contributed by atoms with Crippen LogP contribution in [0.2, 0.25) is 5.02 Å². The first-order valence-corrected chi connectivity index (χ1v) is 8.39. The van der Waals surface area contributed by atoms with Crippen LogP contribution < -0.4 is 10.1 Å². The minimum atomic E-state index is -1.12. The number of hydrogen-bond acceptors (Lipinski definition) is 6. The number of hydrogen-bond donors (Lipinski definition) is 1.